The molecule has 2 atom stereocenters. The number of allylic oxidation sites excluding steroid dienone is 1. The van der Waals surface area contributed by atoms with E-state index in [1.807, 2.05) is 38.1 Å². The van der Waals surface area contributed by atoms with Gasteiger partial charge in [-0.2, -0.15) is 0 Å². The third-order valence-electron chi connectivity index (χ3n) is 3.98. The van der Waals surface area contributed by atoms with Gasteiger partial charge in [-0.3, -0.25) is 0 Å². The summed E-state index contributed by atoms with van der Waals surface area (Å²) in [5.74, 6) is 0. The Balaban J connectivity index is 3.46. The second kappa shape index (κ2) is 9.80. The average molecular weight is 323 g/mol. The zero-order valence-electron chi connectivity index (χ0n) is 14.1. The molecule has 0 spiro atoms. The van der Waals surface area contributed by atoms with Gasteiger partial charge in [-0.05, 0) is 31.4 Å². The fourth-order valence-electron chi connectivity index (χ4n) is 2.92. The summed E-state index contributed by atoms with van der Waals surface area (Å²) in [4.78, 5) is 0. The van der Waals surface area contributed by atoms with Gasteiger partial charge in [-0.1, -0.05) is 30.3 Å². The maximum absolute atomic E-state index is 9.83. The van der Waals surface area contributed by atoms with Crippen LogP contribution in [-0.4, -0.2) is 48.8 Å². The normalized spacial score (nSPS) is 16.6. The number of ether oxygens (including phenoxy) is 2. The van der Waals surface area contributed by atoms with E-state index in [1.165, 1.54) is 0 Å². The van der Waals surface area contributed by atoms with Crippen LogP contribution in [0.3, 0.4) is 0 Å². The third-order valence-corrected chi connectivity index (χ3v) is 3.98. The minimum atomic E-state index is -1.17. The van der Waals surface area contributed by atoms with Crippen LogP contribution in [0.15, 0.2) is 36.9 Å². The molecule has 0 saturated carbocycles. The second-order valence-corrected chi connectivity index (χ2v) is 5.34. The summed E-state index contributed by atoms with van der Waals surface area (Å²) in [6.07, 6.45) is 1.04. The molecule has 0 fully saturated rings. The van der Waals surface area contributed by atoms with Crippen molar-refractivity contribution in [3.63, 3.8) is 0 Å². The fraction of sp³-hybridized carbons (Fsp3) is 0.556. The predicted octanol–water partition coefficient (Wildman–Crippen LogP) is 1.36. The first-order valence-electron chi connectivity index (χ1n) is 8.03. The van der Waals surface area contributed by atoms with Gasteiger partial charge in [-0.25, -0.2) is 0 Å². The Hall–Kier alpha value is -1.24. The smallest absolute Gasteiger partial charge is 0.105 e. The number of rotatable bonds is 11. The Morgan fingerprint density at radius 3 is 2.09 bits per heavy atom. The van der Waals surface area contributed by atoms with E-state index in [-0.39, 0.29) is 13.2 Å². The van der Waals surface area contributed by atoms with E-state index in [1.54, 1.807) is 6.08 Å². The van der Waals surface area contributed by atoms with Crippen molar-refractivity contribution in [2.45, 2.75) is 38.0 Å². The molecule has 4 N–H and O–H groups in total. The van der Waals surface area contributed by atoms with E-state index < -0.39 is 17.7 Å². The lowest BCUT2D eigenvalue weighted by Gasteiger charge is -2.42. The van der Waals surface area contributed by atoms with Crippen LogP contribution < -0.4 is 5.73 Å². The molecule has 0 aliphatic carbocycles. The van der Waals surface area contributed by atoms with E-state index >= 15 is 0 Å². The summed E-state index contributed by atoms with van der Waals surface area (Å²) in [7, 11) is 0. The van der Waals surface area contributed by atoms with Crippen LogP contribution >= 0.6 is 0 Å². The maximum atomic E-state index is 9.83. The highest BCUT2D eigenvalue weighted by Crippen LogP contribution is 2.33. The van der Waals surface area contributed by atoms with Gasteiger partial charge < -0.3 is 25.4 Å². The Kier molecular flexibility index (Phi) is 8.44. The van der Waals surface area contributed by atoms with Crippen molar-refractivity contribution in [3.8, 4) is 0 Å². The Morgan fingerprint density at radius 2 is 1.65 bits per heavy atom. The lowest BCUT2D eigenvalue weighted by atomic mass is 9.77. The van der Waals surface area contributed by atoms with Gasteiger partial charge in [-0.15, -0.1) is 6.58 Å². The zero-order valence-corrected chi connectivity index (χ0v) is 14.1. The van der Waals surface area contributed by atoms with Crippen molar-refractivity contribution >= 4 is 0 Å². The highest BCUT2D eigenvalue weighted by Gasteiger charge is 2.45. The lowest BCUT2D eigenvalue weighted by molar-refractivity contribution is -0.110. The van der Waals surface area contributed by atoms with Crippen molar-refractivity contribution in [1.29, 1.82) is 0 Å². The molecule has 1 rings (SSSR count). The first-order valence-corrected chi connectivity index (χ1v) is 8.03. The molecular weight excluding hydrogens is 294 g/mol. The minimum absolute atomic E-state index is 0.268. The van der Waals surface area contributed by atoms with Crippen LogP contribution in [-0.2, 0) is 21.4 Å². The molecule has 1 aromatic carbocycles. The molecule has 23 heavy (non-hydrogen) atoms. The average Bonchev–Trinajstić information content (AvgIpc) is 2.57. The summed E-state index contributed by atoms with van der Waals surface area (Å²) in [6, 6.07) is 7.65. The molecule has 2 unspecified atom stereocenters. The van der Waals surface area contributed by atoms with Gasteiger partial charge in [0, 0.05) is 13.2 Å². The van der Waals surface area contributed by atoms with Crippen molar-refractivity contribution in [1.82, 2.24) is 0 Å². The molecule has 1 aromatic rings. The Bertz CT molecular complexity index is 464. The Morgan fingerprint density at radius 1 is 1.13 bits per heavy atom. The maximum Gasteiger partial charge on any atom is 0.105 e. The van der Waals surface area contributed by atoms with E-state index in [9.17, 15) is 10.2 Å². The summed E-state index contributed by atoms with van der Waals surface area (Å²) in [5.41, 5.74) is 7.32. The van der Waals surface area contributed by atoms with E-state index in [0.29, 0.717) is 19.6 Å². The van der Waals surface area contributed by atoms with Crippen LogP contribution in [0.2, 0.25) is 0 Å². The third kappa shape index (κ3) is 4.40. The fourth-order valence-corrected chi connectivity index (χ4v) is 2.92. The second-order valence-electron chi connectivity index (χ2n) is 5.34. The molecule has 0 aromatic heterocycles. The van der Waals surface area contributed by atoms with Crippen molar-refractivity contribution in [2.24, 2.45) is 5.73 Å². The number of aliphatic hydroxyl groups excluding tert-OH is 2. The molecule has 130 valence electrons. The number of hydrogen-bond donors (Lipinski definition) is 3. The summed E-state index contributed by atoms with van der Waals surface area (Å²) < 4.78 is 11.4. The van der Waals surface area contributed by atoms with E-state index in [2.05, 4.69) is 6.58 Å². The molecule has 0 radical (unpaired) electrons. The molecule has 5 nitrogen and oxygen atoms in total. The first kappa shape index (κ1) is 19.8. The van der Waals surface area contributed by atoms with Gasteiger partial charge >= 0.3 is 0 Å². The van der Waals surface area contributed by atoms with Gasteiger partial charge in [0.1, 0.15) is 12.2 Å². The first-order chi connectivity index (χ1) is 11.1. The topological polar surface area (TPSA) is 84.9 Å². The molecule has 5 heteroatoms. The molecular formula is C18H29NO4. The van der Waals surface area contributed by atoms with Gasteiger partial charge in [0.25, 0.3) is 0 Å². The van der Waals surface area contributed by atoms with Crippen LogP contribution in [0.5, 0.6) is 0 Å². The largest absolute Gasteiger partial charge is 0.394 e. The number of hydrogen-bond acceptors (Lipinski definition) is 5. The lowest BCUT2D eigenvalue weighted by Crippen LogP contribution is -2.61. The molecule has 0 heterocycles. The van der Waals surface area contributed by atoms with Gasteiger partial charge in [0.05, 0.1) is 18.8 Å². The number of nitrogens with two attached hydrogens (primary N) is 1. The highest BCUT2D eigenvalue weighted by molar-refractivity contribution is 5.37. The zero-order chi connectivity index (χ0) is 17.3. The van der Waals surface area contributed by atoms with E-state index in [0.717, 1.165) is 11.1 Å². The van der Waals surface area contributed by atoms with Crippen molar-refractivity contribution < 1.29 is 19.7 Å². The van der Waals surface area contributed by atoms with Gasteiger partial charge in [0.2, 0.25) is 0 Å². The molecule has 0 aliphatic rings. The van der Waals surface area contributed by atoms with E-state index in [4.69, 9.17) is 15.2 Å². The quantitative estimate of drug-likeness (QED) is 0.536. The van der Waals surface area contributed by atoms with Crippen LogP contribution in [0.4, 0.5) is 0 Å². The SMILES string of the molecule is C=CCc1ccccc1C(N)(C(CO)OCC)C(CO)OCC. The molecule has 0 amide bonds. The molecule has 0 bridgehead atoms. The molecule has 0 aliphatic heterocycles. The number of aliphatic hydroxyl groups is 2. The van der Waals surface area contributed by atoms with Crippen molar-refractivity contribution in [2.75, 3.05) is 26.4 Å². The van der Waals surface area contributed by atoms with Gasteiger partial charge in [0.15, 0.2) is 0 Å². The predicted molar refractivity (Wildman–Crippen MR) is 91.2 cm³/mol. The van der Waals surface area contributed by atoms with Crippen LogP contribution in [0, 0.1) is 0 Å². The van der Waals surface area contributed by atoms with Crippen LogP contribution in [0.25, 0.3) is 0 Å². The number of benzene rings is 1. The summed E-state index contributed by atoms with van der Waals surface area (Å²) in [5, 5.41) is 19.7. The Labute approximate surface area is 138 Å². The standard InChI is InChI=1S/C18H29NO4/c1-4-9-14-10-7-8-11-15(14)18(19,16(12-20)22-5-2)17(13-21)23-6-3/h4,7-8,10-11,16-17,20-21H,1,5-6,9,12-13,19H2,2-3H3. The van der Waals surface area contributed by atoms with Crippen LogP contribution in [0.1, 0.15) is 25.0 Å². The summed E-state index contributed by atoms with van der Waals surface area (Å²) in [6.45, 7) is 7.73. The molecule has 0 saturated heterocycles. The minimum Gasteiger partial charge on any atom is -0.394 e. The highest BCUT2D eigenvalue weighted by atomic mass is 16.5. The van der Waals surface area contributed by atoms with Crippen molar-refractivity contribution in [3.05, 3.63) is 48.0 Å². The summed E-state index contributed by atoms with van der Waals surface area (Å²) >= 11 is 0. The monoisotopic (exact) mass is 323 g/mol.